The van der Waals surface area contributed by atoms with Crippen LogP contribution in [-0.2, 0) is 11.2 Å². The molecule has 9 nitrogen and oxygen atoms in total. The number of imidazole rings is 1. The van der Waals surface area contributed by atoms with Crippen LogP contribution in [0.3, 0.4) is 0 Å². The second kappa shape index (κ2) is 10.0. The summed E-state index contributed by atoms with van der Waals surface area (Å²) in [7, 11) is 0. The first kappa shape index (κ1) is 24.7. The average Bonchev–Trinajstić information content (AvgIpc) is 3.37. The summed E-state index contributed by atoms with van der Waals surface area (Å²) in [6.07, 6.45) is -2.64. The number of benzene rings is 2. The number of aliphatic carboxylic acids is 1. The van der Waals surface area contributed by atoms with E-state index in [0.29, 0.717) is 11.1 Å². The zero-order valence-corrected chi connectivity index (χ0v) is 18.6. The fourth-order valence-electron chi connectivity index (χ4n) is 3.58. The van der Waals surface area contributed by atoms with Gasteiger partial charge in [0.2, 0.25) is 17.9 Å². The van der Waals surface area contributed by atoms with Gasteiger partial charge in [0.25, 0.3) is 0 Å². The van der Waals surface area contributed by atoms with Crippen LogP contribution in [0.4, 0.5) is 19.1 Å². The van der Waals surface area contributed by atoms with Crippen LogP contribution >= 0.6 is 0 Å². The van der Waals surface area contributed by atoms with E-state index in [1.54, 1.807) is 30.3 Å². The Bertz CT molecular complexity index is 1340. The Labute approximate surface area is 203 Å². The molecule has 0 saturated heterocycles. The van der Waals surface area contributed by atoms with Gasteiger partial charge in [0.1, 0.15) is 6.04 Å². The molecule has 1 unspecified atom stereocenters. The third-order valence-electron chi connectivity index (χ3n) is 5.28. The molecule has 4 rings (SSSR count). The molecule has 0 aliphatic heterocycles. The fourth-order valence-corrected chi connectivity index (χ4v) is 3.58. The summed E-state index contributed by atoms with van der Waals surface area (Å²) < 4.78 is 49.3. The molecule has 36 heavy (non-hydrogen) atoms. The van der Waals surface area contributed by atoms with Crippen molar-refractivity contribution in [2.45, 2.75) is 24.7 Å². The molecule has 2 heterocycles. The van der Waals surface area contributed by atoms with Gasteiger partial charge < -0.3 is 25.9 Å². The Morgan fingerprint density at radius 2 is 1.83 bits per heavy atom. The van der Waals surface area contributed by atoms with Crippen molar-refractivity contribution in [2.75, 3.05) is 5.73 Å². The number of rotatable bonds is 8. The molecule has 0 spiro atoms. The van der Waals surface area contributed by atoms with Crippen molar-refractivity contribution < 1.29 is 27.8 Å². The number of aromatic nitrogens is 4. The van der Waals surface area contributed by atoms with E-state index in [-0.39, 0.29) is 35.2 Å². The molecule has 0 aliphatic carbocycles. The van der Waals surface area contributed by atoms with Crippen molar-refractivity contribution in [1.29, 1.82) is 0 Å². The van der Waals surface area contributed by atoms with Gasteiger partial charge in [-0.1, -0.05) is 42.5 Å². The molecule has 0 saturated carbocycles. The number of ether oxygens (including phenoxy) is 1. The van der Waals surface area contributed by atoms with Crippen LogP contribution in [-0.4, -0.2) is 42.8 Å². The number of halogens is 3. The van der Waals surface area contributed by atoms with Crippen molar-refractivity contribution in [2.24, 2.45) is 5.73 Å². The summed E-state index contributed by atoms with van der Waals surface area (Å²) in [6, 6.07) is 12.7. The maximum Gasteiger partial charge on any atom is 0.429 e. The van der Waals surface area contributed by atoms with E-state index in [1.807, 2.05) is 0 Å². The summed E-state index contributed by atoms with van der Waals surface area (Å²) in [5.41, 5.74) is 12.9. The minimum atomic E-state index is -4.78. The molecule has 2 aromatic carbocycles. The highest BCUT2D eigenvalue weighted by Crippen LogP contribution is 2.39. The van der Waals surface area contributed by atoms with Gasteiger partial charge in [-0.15, -0.1) is 0 Å². The topological polar surface area (TPSA) is 142 Å². The standard InChI is InChI=1S/C24H21F3N6O3/c25-24(26,27)21(16-3-1-2-4-19(16)33-10-9-30-13-33)36-20-12-18(31-23(29)32-20)15-7-5-14(6-8-15)11-17(28)22(34)35/h1-10,12-13,17,21H,11,28H2,(H,34,35)(H2,29,31,32)/t17?,21-/m0/s1. The second-order valence-corrected chi connectivity index (χ2v) is 7.86. The number of carboxylic acids is 1. The molecule has 12 heteroatoms. The smallest absolute Gasteiger partial charge is 0.429 e. The summed E-state index contributed by atoms with van der Waals surface area (Å²) in [5.74, 6) is -1.76. The van der Waals surface area contributed by atoms with E-state index < -0.39 is 24.3 Å². The predicted octanol–water partition coefficient (Wildman–Crippen LogP) is 3.55. The quantitative estimate of drug-likeness (QED) is 0.335. The number of nitrogens with zero attached hydrogens (tertiary/aromatic N) is 4. The highest BCUT2D eigenvalue weighted by Gasteiger charge is 2.44. The Morgan fingerprint density at radius 3 is 2.47 bits per heavy atom. The molecule has 0 radical (unpaired) electrons. The number of carboxylic acid groups (broad SMARTS) is 1. The third kappa shape index (κ3) is 5.61. The molecule has 0 amide bonds. The van der Waals surface area contributed by atoms with Crippen LogP contribution in [0, 0.1) is 0 Å². The van der Waals surface area contributed by atoms with Gasteiger partial charge in [-0.2, -0.15) is 18.2 Å². The number of nitrogen functional groups attached to an aromatic ring is 1. The Balaban J connectivity index is 1.65. The lowest BCUT2D eigenvalue weighted by Gasteiger charge is -2.24. The second-order valence-electron chi connectivity index (χ2n) is 7.86. The van der Waals surface area contributed by atoms with Crippen molar-refractivity contribution in [3.05, 3.63) is 84.4 Å². The Hall–Kier alpha value is -4.45. The van der Waals surface area contributed by atoms with Crippen LogP contribution in [0.1, 0.15) is 17.2 Å². The number of carbonyl (C=O) groups is 1. The number of hydrogen-bond acceptors (Lipinski definition) is 7. The number of hydrogen-bond donors (Lipinski definition) is 3. The van der Waals surface area contributed by atoms with E-state index >= 15 is 0 Å². The summed E-state index contributed by atoms with van der Waals surface area (Å²) >= 11 is 0. The largest absolute Gasteiger partial charge is 0.480 e. The molecular weight excluding hydrogens is 477 g/mol. The molecule has 5 N–H and O–H groups in total. The number of alkyl halides is 3. The van der Waals surface area contributed by atoms with Crippen LogP contribution in [0.5, 0.6) is 5.88 Å². The molecule has 0 bridgehead atoms. The lowest BCUT2D eigenvalue weighted by Crippen LogP contribution is -2.32. The lowest BCUT2D eigenvalue weighted by molar-refractivity contribution is -0.198. The molecule has 4 aromatic rings. The number of anilines is 1. The van der Waals surface area contributed by atoms with E-state index in [1.165, 1.54) is 47.6 Å². The molecular formula is C24H21F3N6O3. The predicted molar refractivity (Wildman–Crippen MR) is 124 cm³/mol. The van der Waals surface area contributed by atoms with Crippen molar-refractivity contribution in [3.8, 4) is 22.8 Å². The lowest BCUT2D eigenvalue weighted by atomic mass is 10.0. The first-order chi connectivity index (χ1) is 17.1. The molecule has 2 aromatic heterocycles. The average molecular weight is 498 g/mol. The molecule has 2 atom stereocenters. The van der Waals surface area contributed by atoms with Crippen molar-refractivity contribution in [1.82, 2.24) is 19.5 Å². The van der Waals surface area contributed by atoms with Crippen molar-refractivity contribution >= 4 is 11.9 Å². The molecule has 0 fully saturated rings. The van der Waals surface area contributed by atoms with Gasteiger partial charge in [-0.25, -0.2) is 9.97 Å². The maximum absolute atomic E-state index is 14.2. The van der Waals surface area contributed by atoms with Gasteiger partial charge in [0, 0.05) is 29.6 Å². The zero-order valence-electron chi connectivity index (χ0n) is 18.6. The van der Waals surface area contributed by atoms with Gasteiger partial charge in [-0.05, 0) is 18.1 Å². The van der Waals surface area contributed by atoms with Gasteiger partial charge in [-0.3, -0.25) is 4.79 Å². The van der Waals surface area contributed by atoms with E-state index in [0.717, 1.165) is 0 Å². The fraction of sp³-hybridized carbons (Fsp3) is 0.167. The van der Waals surface area contributed by atoms with Crippen molar-refractivity contribution in [3.63, 3.8) is 0 Å². The maximum atomic E-state index is 14.2. The van der Waals surface area contributed by atoms with E-state index in [2.05, 4.69) is 15.0 Å². The SMILES string of the molecule is Nc1nc(O[C@@H](c2ccccc2-n2ccnc2)C(F)(F)F)cc(-c2ccc(CC(N)C(=O)O)cc2)n1. The first-order valence-electron chi connectivity index (χ1n) is 10.6. The summed E-state index contributed by atoms with van der Waals surface area (Å²) in [6.45, 7) is 0. The number of nitrogens with two attached hydrogens (primary N) is 2. The summed E-state index contributed by atoms with van der Waals surface area (Å²) in [5, 5.41) is 8.97. The van der Waals surface area contributed by atoms with Crippen LogP contribution < -0.4 is 16.2 Å². The Morgan fingerprint density at radius 1 is 1.11 bits per heavy atom. The van der Waals surface area contributed by atoms with Crippen LogP contribution in [0.25, 0.3) is 16.9 Å². The molecule has 186 valence electrons. The Kier molecular flexibility index (Phi) is 6.88. The minimum absolute atomic E-state index is 0.111. The normalized spacial score (nSPS) is 13.2. The van der Waals surface area contributed by atoms with Crippen LogP contribution in [0.2, 0.25) is 0 Å². The van der Waals surface area contributed by atoms with E-state index in [9.17, 15) is 18.0 Å². The zero-order chi connectivity index (χ0) is 25.9. The first-order valence-corrected chi connectivity index (χ1v) is 10.6. The number of para-hydroxylation sites is 1. The van der Waals surface area contributed by atoms with Gasteiger partial charge >= 0.3 is 12.1 Å². The summed E-state index contributed by atoms with van der Waals surface area (Å²) in [4.78, 5) is 22.8. The monoisotopic (exact) mass is 498 g/mol. The third-order valence-corrected chi connectivity index (χ3v) is 5.28. The molecule has 0 aliphatic rings. The highest BCUT2D eigenvalue weighted by molar-refractivity contribution is 5.73. The van der Waals surface area contributed by atoms with Gasteiger partial charge in [0.15, 0.2) is 0 Å². The minimum Gasteiger partial charge on any atom is -0.480 e. The van der Waals surface area contributed by atoms with Gasteiger partial charge in [0.05, 0.1) is 17.7 Å². The highest BCUT2D eigenvalue weighted by atomic mass is 19.4. The van der Waals surface area contributed by atoms with E-state index in [4.69, 9.17) is 21.3 Å². The van der Waals surface area contributed by atoms with Crippen LogP contribution in [0.15, 0.2) is 73.3 Å².